The van der Waals surface area contributed by atoms with Gasteiger partial charge in [-0.05, 0) is 29.3 Å². The highest BCUT2D eigenvalue weighted by Crippen LogP contribution is 2.24. The Kier molecular flexibility index (Phi) is 1.68. The largest absolute Gasteiger partial charge is 0.294 e. The molecule has 0 radical (unpaired) electrons. The van der Waals surface area contributed by atoms with Crippen LogP contribution in [0.15, 0.2) is 36.5 Å². The molecule has 2 nitrogen and oxygen atoms in total. The molecule has 0 N–H and O–H groups in total. The van der Waals surface area contributed by atoms with E-state index in [1.807, 2.05) is 36.5 Å². The molecule has 2 aromatic rings. The van der Waals surface area contributed by atoms with Gasteiger partial charge in [-0.15, -0.1) is 0 Å². The van der Waals surface area contributed by atoms with Crippen LogP contribution in [0.1, 0.15) is 11.1 Å². The third-order valence-corrected chi connectivity index (χ3v) is 2.72. The van der Waals surface area contributed by atoms with E-state index in [1.165, 1.54) is 0 Å². The van der Waals surface area contributed by atoms with E-state index in [9.17, 15) is 4.79 Å². The second kappa shape index (κ2) is 3.02. The molecule has 0 saturated heterocycles. The molecule has 0 unspecified atom stereocenters. The molecular weight excluding hydrogens is 186 g/mol. The summed E-state index contributed by atoms with van der Waals surface area (Å²) in [5.41, 5.74) is 3.13. The van der Waals surface area contributed by atoms with Gasteiger partial charge in [-0.3, -0.25) is 9.78 Å². The number of rotatable bonds is 0. The summed E-state index contributed by atoms with van der Waals surface area (Å²) in [6, 6.07) is 7.93. The predicted octanol–water partition coefficient (Wildman–Crippen LogP) is 2.37. The SMILES string of the molecule is O=C1C=Cc2cnc3ccccc3c2C1. The number of para-hydroxylation sites is 1. The molecule has 15 heavy (non-hydrogen) atoms. The van der Waals surface area contributed by atoms with Gasteiger partial charge in [-0.2, -0.15) is 0 Å². The number of hydrogen-bond donors (Lipinski definition) is 0. The first-order valence-electron chi connectivity index (χ1n) is 4.92. The minimum atomic E-state index is 0.166. The average molecular weight is 195 g/mol. The lowest BCUT2D eigenvalue weighted by Gasteiger charge is -2.11. The molecule has 0 amide bonds. The maximum Gasteiger partial charge on any atom is 0.160 e. The number of ketones is 1. The standard InChI is InChI=1S/C13H9NO/c15-10-6-5-9-8-14-13-4-2-1-3-11(13)12(9)7-10/h1-6,8H,7H2. The van der Waals surface area contributed by atoms with Gasteiger partial charge in [0, 0.05) is 18.0 Å². The van der Waals surface area contributed by atoms with E-state index in [1.54, 1.807) is 6.08 Å². The zero-order valence-electron chi connectivity index (χ0n) is 8.10. The highest BCUT2D eigenvalue weighted by atomic mass is 16.1. The van der Waals surface area contributed by atoms with Gasteiger partial charge < -0.3 is 0 Å². The van der Waals surface area contributed by atoms with Gasteiger partial charge in [0.25, 0.3) is 0 Å². The van der Waals surface area contributed by atoms with Crippen LogP contribution in [-0.2, 0) is 11.2 Å². The maximum atomic E-state index is 11.4. The first-order chi connectivity index (χ1) is 7.34. The summed E-state index contributed by atoms with van der Waals surface area (Å²) >= 11 is 0. The summed E-state index contributed by atoms with van der Waals surface area (Å²) in [5.74, 6) is 0.166. The maximum absolute atomic E-state index is 11.4. The number of allylic oxidation sites excluding steroid dienone is 1. The highest BCUT2D eigenvalue weighted by Gasteiger charge is 2.13. The number of fused-ring (bicyclic) bond motifs is 3. The van der Waals surface area contributed by atoms with E-state index in [0.29, 0.717) is 6.42 Å². The van der Waals surface area contributed by atoms with Crippen molar-refractivity contribution in [1.82, 2.24) is 4.98 Å². The first kappa shape index (κ1) is 8.36. The number of benzene rings is 1. The molecule has 0 fully saturated rings. The Labute approximate surface area is 87.3 Å². The molecule has 0 spiro atoms. The van der Waals surface area contributed by atoms with Crippen molar-refractivity contribution in [3.63, 3.8) is 0 Å². The lowest BCUT2D eigenvalue weighted by atomic mass is 9.94. The van der Waals surface area contributed by atoms with Gasteiger partial charge in [0.1, 0.15) is 0 Å². The topological polar surface area (TPSA) is 30.0 Å². The van der Waals surface area contributed by atoms with Crippen molar-refractivity contribution in [3.05, 3.63) is 47.7 Å². The normalized spacial score (nSPS) is 14.3. The summed E-state index contributed by atoms with van der Waals surface area (Å²) in [4.78, 5) is 15.7. The van der Waals surface area contributed by atoms with Crippen LogP contribution in [0.5, 0.6) is 0 Å². The third kappa shape index (κ3) is 1.26. The molecular formula is C13H9NO. The molecule has 1 aromatic heterocycles. The summed E-state index contributed by atoms with van der Waals surface area (Å²) in [6.45, 7) is 0. The van der Waals surface area contributed by atoms with Gasteiger partial charge >= 0.3 is 0 Å². The zero-order valence-corrected chi connectivity index (χ0v) is 8.10. The molecule has 1 aliphatic carbocycles. The fourth-order valence-electron chi connectivity index (χ4n) is 1.97. The number of pyridine rings is 1. The van der Waals surface area contributed by atoms with E-state index in [0.717, 1.165) is 22.0 Å². The number of aromatic nitrogens is 1. The van der Waals surface area contributed by atoms with Crippen LogP contribution in [-0.4, -0.2) is 10.8 Å². The van der Waals surface area contributed by atoms with Gasteiger partial charge in [0.2, 0.25) is 0 Å². The van der Waals surface area contributed by atoms with Crippen LogP contribution >= 0.6 is 0 Å². The Morgan fingerprint density at radius 1 is 1.13 bits per heavy atom. The molecule has 0 bridgehead atoms. The van der Waals surface area contributed by atoms with Gasteiger partial charge in [-0.25, -0.2) is 0 Å². The van der Waals surface area contributed by atoms with Crippen LogP contribution in [0.25, 0.3) is 17.0 Å². The molecule has 0 atom stereocenters. The molecule has 2 heteroatoms. The summed E-state index contributed by atoms with van der Waals surface area (Å²) < 4.78 is 0. The van der Waals surface area contributed by atoms with E-state index in [-0.39, 0.29) is 5.78 Å². The van der Waals surface area contributed by atoms with Crippen molar-refractivity contribution < 1.29 is 4.79 Å². The highest BCUT2D eigenvalue weighted by molar-refractivity contribution is 6.02. The Hall–Kier alpha value is -1.96. The Morgan fingerprint density at radius 2 is 2.00 bits per heavy atom. The molecule has 3 rings (SSSR count). The predicted molar refractivity (Wildman–Crippen MR) is 59.5 cm³/mol. The minimum Gasteiger partial charge on any atom is -0.294 e. The smallest absolute Gasteiger partial charge is 0.160 e. The number of hydrogen-bond acceptors (Lipinski definition) is 2. The van der Waals surface area contributed by atoms with E-state index in [4.69, 9.17) is 0 Å². The molecule has 72 valence electrons. The van der Waals surface area contributed by atoms with Crippen molar-refractivity contribution >= 4 is 22.8 Å². The average Bonchev–Trinajstić information content (AvgIpc) is 2.29. The minimum absolute atomic E-state index is 0.166. The first-order valence-corrected chi connectivity index (χ1v) is 4.92. The summed E-state index contributed by atoms with van der Waals surface area (Å²) in [6.07, 6.45) is 5.80. The molecule has 1 aliphatic rings. The molecule has 0 saturated carbocycles. The summed E-state index contributed by atoms with van der Waals surface area (Å²) in [7, 11) is 0. The quantitative estimate of drug-likeness (QED) is 0.646. The van der Waals surface area contributed by atoms with Gasteiger partial charge in [0.15, 0.2) is 5.78 Å². The molecule has 1 heterocycles. The second-order valence-electron chi connectivity index (χ2n) is 3.69. The fraction of sp³-hybridized carbons (Fsp3) is 0.0769. The van der Waals surface area contributed by atoms with Crippen molar-refractivity contribution in [2.75, 3.05) is 0 Å². The van der Waals surface area contributed by atoms with Crippen LogP contribution in [0.4, 0.5) is 0 Å². The summed E-state index contributed by atoms with van der Waals surface area (Å²) in [5, 5.41) is 1.09. The van der Waals surface area contributed by atoms with Crippen molar-refractivity contribution in [1.29, 1.82) is 0 Å². The van der Waals surface area contributed by atoms with E-state index >= 15 is 0 Å². The molecule has 0 aliphatic heterocycles. The number of carbonyl (C=O) groups is 1. The zero-order chi connectivity index (χ0) is 10.3. The molecule has 1 aromatic carbocycles. The Balaban J connectivity index is 2.38. The van der Waals surface area contributed by atoms with Crippen LogP contribution < -0.4 is 0 Å². The van der Waals surface area contributed by atoms with Crippen LogP contribution in [0.3, 0.4) is 0 Å². The monoisotopic (exact) mass is 195 g/mol. The lowest BCUT2D eigenvalue weighted by Crippen LogP contribution is -2.06. The lowest BCUT2D eigenvalue weighted by molar-refractivity contribution is -0.114. The van der Waals surface area contributed by atoms with E-state index in [2.05, 4.69) is 4.98 Å². The number of carbonyl (C=O) groups excluding carboxylic acids is 1. The van der Waals surface area contributed by atoms with Crippen molar-refractivity contribution in [2.45, 2.75) is 6.42 Å². The Bertz CT molecular complexity index is 584. The fourth-order valence-corrected chi connectivity index (χ4v) is 1.97. The van der Waals surface area contributed by atoms with Crippen LogP contribution in [0.2, 0.25) is 0 Å². The number of nitrogens with zero attached hydrogens (tertiary/aromatic N) is 1. The van der Waals surface area contributed by atoms with Crippen molar-refractivity contribution in [3.8, 4) is 0 Å². The Morgan fingerprint density at radius 3 is 2.93 bits per heavy atom. The third-order valence-electron chi connectivity index (χ3n) is 2.72. The van der Waals surface area contributed by atoms with Crippen LogP contribution in [0, 0.1) is 0 Å². The second-order valence-corrected chi connectivity index (χ2v) is 3.69. The van der Waals surface area contributed by atoms with Gasteiger partial charge in [0.05, 0.1) is 5.52 Å². The van der Waals surface area contributed by atoms with Gasteiger partial charge in [-0.1, -0.05) is 18.2 Å². The van der Waals surface area contributed by atoms with Crippen molar-refractivity contribution in [2.24, 2.45) is 0 Å². The van der Waals surface area contributed by atoms with E-state index < -0.39 is 0 Å².